The zero-order valence-electron chi connectivity index (χ0n) is 15.2. The fourth-order valence-electron chi connectivity index (χ4n) is 3.24. The van der Waals surface area contributed by atoms with Crippen LogP contribution in [-0.4, -0.2) is 33.6 Å². The molecule has 4 rings (SSSR count). The van der Waals surface area contributed by atoms with Gasteiger partial charge in [0.2, 0.25) is 6.79 Å². The summed E-state index contributed by atoms with van der Waals surface area (Å²) in [6.07, 6.45) is 0.303. The first-order chi connectivity index (χ1) is 13.2. The lowest BCUT2D eigenvalue weighted by Crippen LogP contribution is -2.09. The van der Waals surface area contributed by atoms with Crippen LogP contribution in [0.2, 0.25) is 0 Å². The standard InChI is InChI=1S/C20H20O7/c1-22-15-5-13(20-18(8-15)26-11-27-20)10-24-14-3-4-16-12(6-19(21)23-2)9-25-17(16)7-14/h3-5,7-8,12H,6,9-11H2,1-2H3. The van der Waals surface area contributed by atoms with Crippen LogP contribution in [0.15, 0.2) is 30.3 Å². The van der Waals surface area contributed by atoms with Crippen molar-refractivity contribution < 1.29 is 33.2 Å². The van der Waals surface area contributed by atoms with E-state index in [0.29, 0.717) is 42.6 Å². The number of carbonyl (C=O) groups excluding carboxylic acids is 1. The molecule has 27 heavy (non-hydrogen) atoms. The third-order valence-corrected chi connectivity index (χ3v) is 4.66. The Kier molecular flexibility index (Phi) is 4.66. The first kappa shape index (κ1) is 17.3. The minimum Gasteiger partial charge on any atom is -0.497 e. The zero-order chi connectivity index (χ0) is 18.8. The minimum absolute atomic E-state index is 0.00806. The molecule has 142 valence electrons. The molecule has 0 fully saturated rings. The molecule has 0 bridgehead atoms. The van der Waals surface area contributed by atoms with Crippen LogP contribution in [0.3, 0.4) is 0 Å². The van der Waals surface area contributed by atoms with E-state index in [1.807, 2.05) is 24.3 Å². The summed E-state index contributed by atoms with van der Waals surface area (Å²) in [4.78, 5) is 11.5. The molecule has 2 aromatic rings. The number of fused-ring (bicyclic) bond motifs is 2. The van der Waals surface area contributed by atoms with Gasteiger partial charge in [-0.1, -0.05) is 6.07 Å². The average Bonchev–Trinajstić information content (AvgIpc) is 3.32. The molecule has 0 aromatic heterocycles. The number of carbonyl (C=O) groups is 1. The summed E-state index contributed by atoms with van der Waals surface area (Å²) >= 11 is 0. The molecule has 7 heteroatoms. The summed E-state index contributed by atoms with van der Waals surface area (Å²) in [6.45, 7) is 0.944. The van der Waals surface area contributed by atoms with Crippen molar-refractivity contribution in [2.75, 3.05) is 27.6 Å². The zero-order valence-corrected chi connectivity index (χ0v) is 15.2. The fourth-order valence-corrected chi connectivity index (χ4v) is 3.24. The van der Waals surface area contributed by atoms with Gasteiger partial charge in [0.05, 0.1) is 27.2 Å². The van der Waals surface area contributed by atoms with Gasteiger partial charge in [-0.3, -0.25) is 4.79 Å². The van der Waals surface area contributed by atoms with E-state index in [1.54, 1.807) is 13.2 Å². The van der Waals surface area contributed by atoms with Crippen molar-refractivity contribution in [2.24, 2.45) is 0 Å². The molecule has 0 N–H and O–H groups in total. The monoisotopic (exact) mass is 372 g/mol. The van der Waals surface area contributed by atoms with Crippen molar-refractivity contribution >= 4 is 5.97 Å². The van der Waals surface area contributed by atoms with Crippen LogP contribution >= 0.6 is 0 Å². The molecule has 2 aliphatic rings. The van der Waals surface area contributed by atoms with Crippen LogP contribution in [0, 0.1) is 0 Å². The van der Waals surface area contributed by atoms with E-state index in [2.05, 4.69) is 0 Å². The molecule has 0 radical (unpaired) electrons. The highest BCUT2D eigenvalue weighted by molar-refractivity contribution is 5.71. The van der Waals surface area contributed by atoms with E-state index in [9.17, 15) is 4.79 Å². The highest BCUT2D eigenvalue weighted by atomic mass is 16.7. The molecule has 0 amide bonds. The van der Waals surface area contributed by atoms with Gasteiger partial charge in [0.15, 0.2) is 11.5 Å². The quantitative estimate of drug-likeness (QED) is 0.722. The Balaban J connectivity index is 1.48. The Morgan fingerprint density at radius 1 is 1.07 bits per heavy atom. The molecule has 2 aromatic carbocycles. The Morgan fingerprint density at radius 3 is 2.74 bits per heavy atom. The van der Waals surface area contributed by atoms with Gasteiger partial charge in [0.1, 0.15) is 23.9 Å². The summed E-state index contributed by atoms with van der Waals surface area (Å²) in [7, 11) is 2.99. The number of benzene rings is 2. The predicted molar refractivity (Wildman–Crippen MR) is 94.8 cm³/mol. The van der Waals surface area contributed by atoms with Gasteiger partial charge >= 0.3 is 5.97 Å². The van der Waals surface area contributed by atoms with Gasteiger partial charge in [-0.15, -0.1) is 0 Å². The maximum Gasteiger partial charge on any atom is 0.306 e. The summed E-state index contributed by atoms with van der Waals surface area (Å²) in [5.74, 6) is 3.17. The van der Waals surface area contributed by atoms with Crippen LogP contribution in [-0.2, 0) is 16.1 Å². The molecule has 2 aliphatic heterocycles. The third-order valence-electron chi connectivity index (χ3n) is 4.66. The van der Waals surface area contributed by atoms with Gasteiger partial charge in [-0.25, -0.2) is 0 Å². The largest absolute Gasteiger partial charge is 0.497 e. The Bertz CT molecular complexity index is 862. The molecule has 0 aliphatic carbocycles. The molecule has 1 unspecified atom stereocenters. The maximum atomic E-state index is 11.5. The van der Waals surface area contributed by atoms with E-state index in [1.165, 1.54) is 7.11 Å². The van der Waals surface area contributed by atoms with Crippen molar-refractivity contribution in [3.05, 3.63) is 41.5 Å². The van der Waals surface area contributed by atoms with Gasteiger partial charge in [0, 0.05) is 29.2 Å². The Labute approximate surface area is 156 Å². The first-order valence-corrected chi connectivity index (χ1v) is 8.61. The van der Waals surface area contributed by atoms with E-state index in [0.717, 1.165) is 16.9 Å². The van der Waals surface area contributed by atoms with Crippen molar-refractivity contribution in [1.82, 2.24) is 0 Å². The fraction of sp³-hybridized carbons (Fsp3) is 0.350. The highest BCUT2D eigenvalue weighted by Gasteiger charge is 2.27. The molecular weight excluding hydrogens is 352 g/mol. The highest BCUT2D eigenvalue weighted by Crippen LogP contribution is 2.41. The van der Waals surface area contributed by atoms with E-state index < -0.39 is 0 Å². The van der Waals surface area contributed by atoms with Crippen LogP contribution in [0.25, 0.3) is 0 Å². The lowest BCUT2D eigenvalue weighted by Gasteiger charge is -2.12. The van der Waals surface area contributed by atoms with Gasteiger partial charge in [0.25, 0.3) is 0 Å². The number of rotatable bonds is 6. The lowest BCUT2D eigenvalue weighted by atomic mass is 9.98. The van der Waals surface area contributed by atoms with E-state index in [-0.39, 0.29) is 18.7 Å². The topological polar surface area (TPSA) is 72.5 Å². The lowest BCUT2D eigenvalue weighted by molar-refractivity contribution is -0.141. The van der Waals surface area contributed by atoms with Crippen LogP contribution in [0.1, 0.15) is 23.5 Å². The summed E-state index contributed by atoms with van der Waals surface area (Å²) in [6, 6.07) is 9.29. The molecule has 0 saturated heterocycles. The number of hydrogen-bond donors (Lipinski definition) is 0. The number of ether oxygens (including phenoxy) is 6. The van der Waals surface area contributed by atoms with Crippen LogP contribution < -0.4 is 23.7 Å². The van der Waals surface area contributed by atoms with Crippen molar-refractivity contribution in [2.45, 2.75) is 18.9 Å². The van der Waals surface area contributed by atoms with Gasteiger partial charge in [-0.05, 0) is 12.1 Å². The molecular formula is C20H20O7. The predicted octanol–water partition coefficient (Wildman–Crippen LogP) is 3.04. The Morgan fingerprint density at radius 2 is 1.93 bits per heavy atom. The van der Waals surface area contributed by atoms with Crippen molar-refractivity contribution in [3.8, 4) is 28.7 Å². The maximum absolute atomic E-state index is 11.5. The molecule has 0 saturated carbocycles. The van der Waals surface area contributed by atoms with Crippen molar-refractivity contribution in [3.63, 3.8) is 0 Å². The molecule has 0 spiro atoms. The number of esters is 1. The summed E-state index contributed by atoms with van der Waals surface area (Å²) < 4.78 is 32.6. The van der Waals surface area contributed by atoms with Gasteiger partial charge < -0.3 is 28.4 Å². The second-order valence-corrected chi connectivity index (χ2v) is 6.30. The van der Waals surface area contributed by atoms with Crippen molar-refractivity contribution in [1.29, 1.82) is 0 Å². The second-order valence-electron chi connectivity index (χ2n) is 6.30. The summed E-state index contributed by atoms with van der Waals surface area (Å²) in [5, 5.41) is 0. The summed E-state index contributed by atoms with van der Waals surface area (Å²) in [5.41, 5.74) is 1.83. The van der Waals surface area contributed by atoms with Crippen LogP contribution in [0.5, 0.6) is 28.7 Å². The normalized spacial score (nSPS) is 16.4. The van der Waals surface area contributed by atoms with Crippen LogP contribution in [0.4, 0.5) is 0 Å². The van der Waals surface area contributed by atoms with E-state index in [4.69, 9.17) is 28.4 Å². The molecule has 7 nitrogen and oxygen atoms in total. The Hall–Kier alpha value is -3.09. The second kappa shape index (κ2) is 7.26. The van der Waals surface area contributed by atoms with Gasteiger partial charge in [-0.2, -0.15) is 0 Å². The molecule has 1 atom stereocenters. The molecule has 2 heterocycles. The van der Waals surface area contributed by atoms with E-state index >= 15 is 0 Å². The smallest absolute Gasteiger partial charge is 0.306 e. The number of methoxy groups -OCH3 is 2. The average molecular weight is 372 g/mol. The SMILES string of the molecule is COC(=O)CC1COc2cc(OCc3cc(OC)cc4c3OCO4)ccc21. The minimum atomic E-state index is -0.245. The third kappa shape index (κ3) is 3.45. The first-order valence-electron chi connectivity index (χ1n) is 8.61. The number of hydrogen-bond acceptors (Lipinski definition) is 7.